The summed E-state index contributed by atoms with van der Waals surface area (Å²) in [7, 11) is 0. The van der Waals surface area contributed by atoms with Crippen molar-refractivity contribution < 1.29 is 9.72 Å². The second-order valence-corrected chi connectivity index (χ2v) is 4.99. The van der Waals surface area contributed by atoms with E-state index in [0.29, 0.717) is 12.1 Å². The molecule has 0 aromatic heterocycles. The number of rotatable bonds is 6. The zero-order chi connectivity index (χ0) is 16.1. The molecule has 0 fully saturated rings. The van der Waals surface area contributed by atoms with E-state index in [1.807, 2.05) is 19.1 Å². The van der Waals surface area contributed by atoms with Gasteiger partial charge in [-0.3, -0.25) is 14.9 Å². The average molecular weight is 299 g/mol. The van der Waals surface area contributed by atoms with Gasteiger partial charge in [0.2, 0.25) is 5.91 Å². The molecule has 114 valence electrons. The van der Waals surface area contributed by atoms with E-state index in [1.54, 1.807) is 18.2 Å². The minimum Gasteiger partial charge on any atom is -0.385 e. The van der Waals surface area contributed by atoms with Crippen molar-refractivity contribution >= 4 is 17.3 Å². The SMILES string of the molecule is Cc1cc(NCCc2ccc([N+](=O)[O-])cc2)ccc1C(N)=O. The van der Waals surface area contributed by atoms with Crippen LogP contribution in [0, 0.1) is 17.0 Å². The van der Waals surface area contributed by atoms with E-state index < -0.39 is 10.8 Å². The number of carbonyl (C=O) groups is 1. The van der Waals surface area contributed by atoms with E-state index >= 15 is 0 Å². The number of nitro groups is 1. The molecule has 6 heteroatoms. The molecular weight excluding hydrogens is 282 g/mol. The number of amides is 1. The van der Waals surface area contributed by atoms with Gasteiger partial charge in [0.25, 0.3) is 5.69 Å². The van der Waals surface area contributed by atoms with Crippen LogP contribution < -0.4 is 11.1 Å². The number of non-ortho nitro benzene ring substituents is 1. The highest BCUT2D eigenvalue weighted by molar-refractivity contribution is 5.94. The van der Waals surface area contributed by atoms with E-state index in [1.165, 1.54) is 12.1 Å². The van der Waals surface area contributed by atoms with Gasteiger partial charge in [-0.1, -0.05) is 12.1 Å². The molecule has 0 bridgehead atoms. The molecule has 0 aliphatic heterocycles. The number of hydrogen-bond donors (Lipinski definition) is 2. The summed E-state index contributed by atoms with van der Waals surface area (Å²) in [6.45, 7) is 2.52. The van der Waals surface area contributed by atoms with Crippen LogP contribution in [0.4, 0.5) is 11.4 Å². The Bertz CT molecular complexity index is 696. The Morgan fingerprint density at radius 1 is 1.23 bits per heavy atom. The Kier molecular flexibility index (Phi) is 4.73. The van der Waals surface area contributed by atoms with Crippen LogP contribution in [0.1, 0.15) is 21.5 Å². The van der Waals surface area contributed by atoms with Gasteiger partial charge in [0, 0.05) is 29.9 Å². The standard InChI is InChI=1S/C16H17N3O3/c1-11-10-13(4-7-15(11)16(17)20)18-9-8-12-2-5-14(6-3-12)19(21)22/h2-7,10,18H,8-9H2,1H3,(H2,17,20). The summed E-state index contributed by atoms with van der Waals surface area (Å²) in [6.07, 6.45) is 0.745. The van der Waals surface area contributed by atoms with Crippen molar-refractivity contribution in [3.8, 4) is 0 Å². The van der Waals surface area contributed by atoms with E-state index in [4.69, 9.17) is 5.73 Å². The van der Waals surface area contributed by atoms with Gasteiger partial charge in [0.05, 0.1) is 4.92 Å². The predicted molar refractivity (Wildman–Crippen MR) is 85.0 cm³/mol. The summed E-state index contributed by atoms with van der Waals surface area (Å²) in [4.78, 5) is 21.3. The average Bonchev–Trinajstić information content (AvgIpc) is 2.47. The Balaban J connectivity index is 1.92. The van der Waals surface area contributed by atoms with Crippen LogP contribution in [-0.2, 0) is 6.42 Å². The fraction of sp³-hybridized carbons (Fsp3) is 0.188. The highest BCUT2D eigenvalue weighted by atomic mass is 16.6. The first-order valence-electron chi connectivity index (χ1n) is 6.85. The fourth-order valence-corrected chi connectivity index (χ4v) is 2.19. The Morgan fingerprint density at radius 2 is 1.91 bits per heavy atom. The zero-order valence-electron chi connectivity index (χ0n) is 12.2. The lowest BCUT2D eigenvalue weighted by molar-refractivity contribution is -0.384. The lowest BCUT2D eigenvalue weighted by Crippen LogP contribution is -2.13. The van der Waals surface area contributed by atoms with Crippen molar-refractivity contribution in [3.05, 3.63) is 69.3 Å². The lowest BCUT2D eigenvalue weighted by atomic mass is 10.1. The third-order valence-electron chi connectivity index (χ3n) is 3.38. The van der Waals surface area contributed by atoms with E-state index in [9.17, 15) is 14.9 Å². The van der Waals surface area contributed by atoms with Crippen LogP contribution >= 0.6 is 0 Å². The molecule has 1 amide bonds. The number of nitrogens with two attached hydrogens (primary N) is 1. The smallest absolute Gasteiger partial charge is 0.269 e. The van der Waals surface area contributed by atoms with E-state index in [-0.39, 0.29) is 5.69 Å². The minimum absolute atomic E-state index is 0.0920. The summed E-state index contributed by atoms with van der Waals surface area (Å²) in [5.41, 5.74) is 8.62. The predicted octanol–water partition coefficient (Wildman–Crippen LogP) is 2.66. The molecule has 2 rings (SSSR count). The van der Waals surface area contributed by atoms with E-state index in [0.717, 1.165) is 23.2 Å². The number of hydrogen-bond acceptors (Lipinski definition) is 4. The molecule has 6 nitrogen and oxygen atoms in total. The maximum atomic E-state index is 11.2. The molecule has 22 heavy (non-hydrogen) atoms. The van der Waals surface area contributed by atoms with Crippen LogP contribution in [0.3, 0.4) is 0 Å². The monoisotopic (exact) mass is 299 g/mol. The van der Waals surface area contributed by atoms with Gasteiger partial charge in [0.1, 0.15) is 0 Å². The highest BCUT2D eigenvalue weighted by Gasteiger charge is 2.06. The summed E-state index contributed by atoms with van der Waals surface area (Å²) in [5, 5.41) is 13.8. The van der Waals surface area contributed by atoms with Gasteiger partial charge >= 0.3 is 0 Å². The first-order chi connectivity index (χ1) is 10.5. The van der Waals surface area contributed by atoms with Gasteiger partial charge in [-0.25, -0.2) is 0 Å². The molecule has 0 aliphatic carbocycles. The van der Waals surface area contributed by atoms with Crippen molar-refractivity contribution in [2.45, 2.75) is 13.3 Å². The number of nitrogens with one attached hydrogen (secondary N) is 1. The number of nitrogens with zero attached hydrogens (tertiary/aromatic N) is 1. The van der Waals surface area contributed by atoms with Crippen molar-refractivity contribution in [2.75, 3.05) is 11.9 Å². The number of carbonyl (C=O) groups excluding carboxylic acids is 1. The first-order valence-corrected chi connectivity index (χ1v) is 6.85. The topological polar surface area (TPSA) is 98.3 Å². The highest BCUT2D eigenvalue weighted by Crippen LogP contribution is 2.16. The molecule has 0 spiro atoms. The maximum Gasteiger partial charge on any atom is 0.269 e. The Morgan fingerprint density at radius 3 is 2.45 bits per heavy atom. The molecule has 0 saturated heterocycles. The summed E-state index contributed by atoms with van der Waals surface area (Å²) < 4.78 is 0. The Labute approximate surface area is 128 Å². The number of primary amides is 1. The molecule has 0 saturated carbocycles. The minimum atomic E-state index is -0.435. The quantitative estimate of drug-likeness (QED) is 0.632. The third-order valence-corrected chi connectivity index (χ3v) is 3.38. The Hall–Kier alpha value is -2.89. The van der Waals surface area contributed by atoms with Crippen molar-refractivity contribution in [2.24, 2.45) is 5.73 Å². The summed E-state index contributed by atoms with van der Waals surface area (Å²) in [5.74, 6) is -0.435. The number of nitro benzene ring substituents is 1. The first kappa shape index (κ1) is 15.5. The number of benzene rings is 2. The summed E-state index contributed by atoms with van der Waals surface area (Å²) in [6, 6.07) is 11.9. The molecule has 0 aliphatic rings. The van der Waals surface area contributed by atoms with E-state index in [2.05, 4.69) is 5.32 Å². The fourth-order valence-electron chi connectivity index (χ4n) is 2.19. The van der Waals surface area contributed by atoms with Crippen LogP contribution in [-0.4, -0.2) is 17.4 Å². The normalized spacial score (nSPS) is 10.2. The van der Waals surface area contributed by atoms with Gasteiger partial charge in [-0.05, 0) is 42.7 Å². The molecule has 3 N–H and O–H groups in total. The second kappa shape index (κ2) is 6.71. The molecule has 2 aromatic rings. The molecule has 0 unspecified atom stereocenters. The third kappa shape index (κ3) is 3.82. The maximum absolute atomic E-state index is 11.2. The van der Waals surface area contributed by atoms with Crippen LogP contribution in [0.15, 0.2) is 42.5 Å². The van der Waals surface area contributed by atoms with Gasteiger partial charge in [-0.2, -0.15) is 0 Å². The molecule has 0 atom stereocenters. The largest absolute Gasteiger partial charge is 0.385 e. The van der Waals surface area contributed by atoms with Crippen molar-refractivity contribution in [1.29, 1.82) is 0 Å². The van der Waals surface area contributed by atoms with Gasteiger partial charge < -0.3 is 11.1 Å². The zero-order valence-corrected chi connectivity index (χ0v) is 12.2. The summed E-state index contributed by atoms with van der Waals surface area (Å²) >= 11 is 0. The van der Waals surface area contributed by atoms with Crippen LogP contribution in [0.25, 0.3) is 0 Å². The van der Waals surface area contributed by atoms with Crippen molar-refractivity contribution in [1.82, 2.24) is 0 Å². The molecule has 0 radical (unpaired) electrons. The van der Waals surface area contributed by atoms with Gasteiger partial charge in [-0.15, -0.1) is 0 Å². The molecule has 0 heterocycles. The van der Waals surface area contributed by atoms with Crippen molar-refractivity contribution in [3.63, 3.8) is 0 Å². The molecular formula is C16H17N3O3. The number of anilines is 1. The van der Waals surface area contributed by atoms with Crippen LogP contribution in [0.2, 0.25) is 0 Å². The second-order valence-electron chi connectivity index (χ2n) is 4.99. The van der Waals surface area contributed by atoms with Crippen LogP contribution in [0.5, 0.6) is 0 Å². The van der Waals surface area contributed by atoms with Gasteiger partial charge in [0.15, 0.2) is 0 Å². The number of aryl methyl sites for hydroxylation is 1. The lowest BCUT2D eigenvalue weighted by Gasteiger charge is -2.09. The molecule has 2 aromatic carbocycles.